The maximum absolute atomic E-state index is 10.9. The highest BCUT2D eigenvalue weighted by molar-refractivity contribution is 7.07. The summed E-state index contributed by atoms with van der Waals surface area (Å²) < 4.78 is 0. The Balaban J connectivity index is 2.24. The Kier molecular flexibility index (Phi) is 2.23. The number of hydrogen-bond acceptors (Lipinski definition) is 3. The van der Waals surface area contributed by atoms with Gasteiger partial charge in [0.25, 0.3) is 5.56 Å². The van der Waals surface area contributed by atoms with E-state index < -0.39 is 0 Å². The summed E-state index contributed by atoms with van der Waals surface area (Å²) in [5.41, 5.74) is 1.91. The SMILES string of the molecule is O=c1cc(Cc2ccsc2)nc[nH]1. The molecule has 0 saturated heterocycles. The molecule has 0 spiro atoms. The third-order valence-corrected chi connectivity index (χ3v) is 2.43. The first-order valence-corrected chi connectivity index (χ1v) is 4.83. The van der Waals surface area contributed by atoms with Crippen molar-refractivity contribution in [1.82, 2.24) is 9.97 Å². The number of nitrogens with zero attached hydrogens (tertiary/aromatic N) is 1. The molecule has 0 aliphatic carbocycles. The number of aromatic amines is 1. The summed E-state index contributed by atoms with van der Waals surface area (Å²) in [6, 6.07) is 3.56. The van der Waals surface area contributed by atoms with Gasteiger partial charge in [-0.3, -0.25) is 4.79 Å². The molecule has 0 radical (unpaired) electrons. The van der Waals surface area contributed by atoms with Crippen LogP contribution in [0.2, 0.25) is 0 Å². The highest BCUT2D eigenvalue weighted by Crippen LogP contribution is 2.09. The van der Waals surface area contributed by atoms with Crippen molar-refractivity contribution in [1.29, 1.82) is 0 Å². The lowest BCUT2D eigenvalue weighted by Crippen LogP contribution is -2.06. The van der Waals surface area contributed by atoms with Gasteiger partial charge in [-0.15, -0.1) is 0 Å². The van der Waals surface area contributed by atoms with Gasteiger partial charge >= 0.3 is 0 Å². The van der Waals surface area contributed by atoms with Crippen LogP contribution in [0.25, 0.3) is 0 Å². The van der Waals surface area contributed by atoms with E-state index in [0.717, 1.165) is 12.1 Å². The van der Waals surface area contributed by atoms with E-state index in [9.17, 15) is 4.79 Å². The first-order chi connectivity index (χ1) is 6.34. The van der Waals surface area contributed by atoms with Crippen molar-refractivity contribution < 1.29 is 0 Å². The summed E-state index contributed by atoms with van der Waals surface area (Å²) in [7, 11) is 0. The van der Waals surface area contributed by atoms with Crippen molar-refractivity contribution in [2.75, 3.05) is 0 Å². The lowest BCUT2D eigenvalue weighted by Gasteiger charge is -1.95. The van der Waals surface area contributed by atoms with Crippen LogP contribution < -0.4 is 5.56 Å². The van der Waals surface area contributed by atoms with Gasteiger partial charge in [0, 0.05) is 12.5 Å². The van der Waals surface area contributed by atoms with E-state index in [1.807, 2.05) is 11.4 Å². The molecule has 13 heavy (non-hydrogen) atoms. The molecule has 0 aromatic carbocycles. The molecular formula is C9H8N2OS. The summed E-state index contributed by atoms with van der Waals surface area (Å²) in [6.45, 7) is 0. The summed E-state index contributed by atoms with van der Waals surface area (Å²) >= 11 is 1.65. The van der Waals surface area contributed by atoms with Gasteiger partial charge in [-0.2, -0.15) is 11.3 Å². The Hall–Kier alpha value is -1.42. The topological polar surface area (TPSA) is 45.8 Å². The van der Waals surface area contributed by atoms with Crippen LogP contribution in [0.15, 0.2) is 34.0 Å². The Bertz CT molecular complexity index is 433. The van der Waals surface area contributed by atoms with Gasteiger partial charge in [0.05, 0.1) is 12.0 Å². The zero-order valence-corrected chi connectivity index (χ0v) is 7.67. The first kappa shape index (κ1) is 8.19. The molecule has 2 aromatic rings. The predicted octanol–water partition coefficient (Wildman–Crippen LogP) is 1.42. The van der Waals surface area contributed by atoms with Gasteiger partial charge < -0.3 is 4.98 Å². The number of H-pyrrole nitrogens is 1. The van der Waals surface area contributed by atoms with Gasteiger partial charge in [-0.1, -0.05) is 0 Å². The van der Waals surface area contributed by atoms with Gasteiger partial charge in [0.2, 0.25) is 0 Å². The third kappa shape index (κ3) is 2.03. The third-order valence-electron chi connectivity index (χ3n) is 1.70. The molecule has 0 atom stereocenters. The minimum atomic E-state index is -0.0970. The molecule has 2 heterocycles. The average Bonchev–Trinajstić information content (AvgIpc) is 2.57. The molecule has 66 valence electrons. The van der Waals surface area contributed by atoms with Gasteiger partial charge in [-0.05, 0) is 22.4 Å². The van der Waals surface area contributed by atoms with Crippen LogP contribution in [0, 0.1) is 0 Å². The van der Waals surface area contributed by atoms with E-state index in [2.05, 4.69) is 15.3 Å². The molecule has 0 unspecified atom stereocenters. The summed E-state index contributed by atoms with van der Waals surface area (Å²) in [4.78, 5) is 17.5. The molecule has 0 fully saturated rings. The van der Waals surface area contributed by atoms with Crippen molar-refractivity contribution in [3.63, 3.8) is 0 Å². The van der Waals surface area contributed by atoms with Crippen molar-refractivity contribution in [3.05, 3.63) is 50.8 Å². The smallest absolute Gasteiger partial charge is 0.250 e. The molecule has 3 nitrogen and oxygen atoms in total. The fourth-order valence-electron chi connectivity index (χ4n) is 1.11. The Morgan fingerprint density at radius 1 is 1.54 bits per heavy atom. The first-order valence-electron chi connectivity index (χ1n) is 3.89. The fraction of sp³-hybridized carbons (Fsp3) is 0.111. The van der Waals surface area contributed by atoms with Crippen molar-refractivity contribution >= 4 is 11.3 Å². The van der Waals surface area contributed by atoms with Crippen LogP contribution in [0.4, 0.5) is 0 Å². The van der Waals surface area contributed by atoms with Gasteiger partial charge in [0.1, 0.15) is 0 Å². The molecule has 2 aromatic heterocycles. The lowest BCUT2D eigenvalue weighted by atomic mass is 10.2. The molecule has 0 aliphatic rings. The molecule has 0 amide bonds. The van der Waals surface area contributed by atoms with E-state index in [1.54, 1.807) is 11.3 Å². The highest BCUT2D eigenvalue weighted by Gasteiger charge is 1.97. The fourth-order valence-corrected chi connectivity index (χ4v) is 1.78. The number of hydrogen-bond donors (Lipinski definition) is 1. The Morgan fingerprint density at radius 3 is 3.15 bits per heavy atom. The Labute approximate surface area is 79.1 Å². The van der Waals surface area contributed by atoms with E-state index in [4.69, 9.17) is 0 Å². The number of aromatic nitrogens is 2. The summed E-state index contributed by atoms with van der Waals surface area (Å²) in [6.07, 6.45) is 2.16. The Morgan fingerprint density at radius 2 is 2.46 bits per heavy atom. The summed E-state index contributed by atoms with van der Waals surface area (Å²) in [5, 5.41) is 4.07. The lowest BCUT2D eigenvalue weighted by molar-refractivity contribution is 1.01. The van der Waals surface area contributed by atoms with E-state index in [1.165, 1.54) is 18.0 Å². The highest BCUT2D eigenvalue weighted by atomic mass is 32.1. The monoisotopic (exact) mass is 192 g/mol. The van der Waals surface area contributed by atoms with Gasteiger partial charge in [-0.25, -0.2) is 4.98 Å². The minimum Gasteiger partial charge on any atom is -0.313 e. The van der Waals surface area contributed by atoms with Crippen LogP contribution >= 0.6 is 11.3 Å². The second-order valence-corrected chi connectivity index (χ2v) is 3.49. The van der Waals surface area contributed by atoms with Crippen LogP contribution in [0.3, 0.4) is 0 Å². The quantitative estimate of drug-likeness (QED) is 0.782. The van der Waals surface area contributed by atoms with Crippen LogP contribution in [-0.4, -0.2) is 9.97 Å². The van der Waals surface area contributed by atoms with E-state index in [-0.39, 0.29) is 5.56 Å². The van der Waals surface area contributed by atoms with E-state index in [0.29, 0.717) is 0 Å². The molecular weight excluding hydrogens is 184 g/mol. The second kappa shape index (κ2) is 3.53. The molecule has 0 bridgehead atoms. The molecule has 0 saturated carbocycles. The van der Waals surface area contributed by atoms with Gasteiger partial charge in [0.15, 0.2) is 0 Å². The molecule has 0 aliphatic heterocycles. The van der Waals surface area contributed by atoms with Crippen LogP contribution in [-0.2, 0) is 6.42 Å². The second-order valence-electron chi connectivity index (χ2n) is 2.71. The molecule has 4 heteroatoms. The maximum atomic E-state index is 10.9. The largest absolute Gasteiger partial charge is 0.313 e. The maximum Gasteiger partial charge on any atom is 0.250 e. The molecule has 1 N–H and O–H groups in total. The molecule has 2 rings (SSSR count). The standard InChI is InChI=1S/C9H8N2OS/c12-9-4-8(10-6-11-9)3-7-1-2-13-5-7/h1-2,4-6H,3H2,(H,10,11,12). The average molecular weight is 192 g/mol. The van der Waals surface area contributed by atoms with Crippen LogP contribution in [0.1, 0.15) is 11.3 Å². The van der Waals surface area contributed by atoms with Crippen molar-refractivity contribution in [2.45, 2.75) is 6.42 Å². The zero-order valence-electron chi connectivity index (χ0n) is 6.86. The van der Waals surface area contributed by atoms with Crippen molar-refractivity contribution in [2.24, 2.45) is 0 Å². The van der Waals surface area contributed by atoms with Crippen LogP contribution in [0.5, 0.6) is 0 Å². The minimum absolute atomic E-state index is 0.0970. The normalized spacial score (nSPS) is 10.2. The number of thiophene rings is 1. The number of nitrogens with one attached hydrogen (secondary N) is 1. The van der Waals surface area contributed by atoms with E-state index >= 15 is 0 Å². The summed E-state index contributed by atoms with van der Waals surface area (Å²) in [5.74, 6) is 0. The van der Waals surface area contributed by atoms with Crippen molar-refractivity contribution in [3.8, 4) is 0 Å². The number of rotatable bonds is 2. The zero-order chi connectivity index (χ0) is 9.10. The predicted molar refractivity (Wildman–Crippen MR) is 52.0 cm³/mol.